The van der Waals surface area contributed by atoms with Crippen LogP contribution >= 0.6 is 0 Å². The molecule has 0 aliphatic heterocycles. The van der Waals surface area contributed by atoms with Gasteiger partial charge in [0.05, 0.1) is 5.39 Å². The maximum Gasteiger partial charge on any atom is 0.360 e. The number of halogens is 4. The van der Waals surface area contributed by atoms with Crippen molar-refractivity contribution in [2.24, 2.45) is 0 Å². The number of fused-ring (bicyclic) bond motifs is 1. The van der Waals surface area contributed by atoms with Crippen LogP contribution < -0.4 is 10.9 Å². The smallest absolute Gasteiger partial charge is 0.360 e. The summed E-state index contributed by atoms with van der Waals surface area (Å²) in [6, 6.07) is 8.40. The van der Waals surface area contributed by atoms with Crippen molar-refractivity contribution in [3.05, 3.63) is 75.7 Å². The van der Waals surface area contributed by atoms with Gasteiger partial charge in [-0.15, -0.1) is 0 Å². The van der Waals surface area contributed by atoms with Crippen LogP contribution in [-0.4, -0.2) is 5.91 Å². The van der Waals surface area contributed by atoms with Crippen molar-refractivity contribution in [3.63, 3.8) is 0 Å². The van der Waals surface area contributed by atoms with Crippen LogP contribution in [0.2, 0.25) is 0 Å². The van der Waals surface area contributed by atoms with Gasteiger partial charge < -0.3 is 9.73 Å². The molecule has 4 nitrogen and oxygen atoms in total. The van der Waals surface area contributed by atoms with E-state index in [1.165, 1.54) is 12.1 Å². The average molecular weight is 337 g/mol. The van der Waals surface area contributed by atoms with Gasteiger partial charge in [0.15, 0.2) is 17.2 Å². The second-order valence-corrected chi connectivity index (χ2v) is 4.77. The number of hydrogen-bond acceptors (Lipinski definition) is 3. The van der Waals surface area contributed by atoms with E-state index >= 15 is 0 Å². The quantitative estimate of drug-likeness (QED) is 0.336. The molecule has 0 radical (unpaired) electrons. The molecule has 0 aliphatic rings. The molecule has 2 aromatic carbocycles. The normalized spacial score (nSPS) is 10.8. The second-order valence-electron chi connectivity index (χ2n) is 4.77. The predicted molar refractivity (Wildman–Crippen MR) is 76.7 cm³/mol. The molecule has 0 atom stereocenters. The van der Waals surface area contributed by atoms with Crippen LogP contribution in [0.4, 0.5) is 23.2 Å². The topological polar surface area (TPSA) is 59.3 Å². The number of anilines is 1. The molecular weight excluding hydrogens is 330 g/mol. The van der Waals surface area contributed by atoms with E-state index in [1.807, 2.05) is 0 Å². The van der Waals surface area contributed by atoms with Gasteiger partial charge >= 0.3 is 5.63 Å². The maximum absolute atomic E-state index is 13.8. The molecule has 0 aliphatic carbocycles. The van der Waals surface area contributed by atoms with Crippen molar-refractivity contribution in [3.8, 4) is 0 Å². The standard InChI is InChI=1S/C16H7F4NO3/c17-10-8-6-9(21-15(22)7-4-2-1-3-5-7)16(23)24-14(8)13(20)12(19)11(10)18/h1-6H,(H,21,22). The van der Waals surface area contributed by atoms with Crippen molar-refractivity contribution in [2.45, 2.75) is 0 Å². The van der Waals surface area contributed by atoms with Crippen LogP contribution in [0.25, 0.3) is 11.0 Å². The molecular formula is C16H7F4NO3. The van der Waals surface area contributed by atoms with Crippen molar-refractivity contribution >= 4 is 22.6 Å². The molecule has 0 bridgehead atoms. The molecule has 0 saturated heterocycles. The monoisotopic (exact) mass is 337 g/mol. The molecule has 1 aromatic heterocycles. The van der Waals surface area contributed by atoms with E-state index in [0.29, 0.717) is 6.07 Å². The van der Waals surface area contributed by atoms with Crippen LogP contribution in [0.1, 0.15) is 10.4 Å². The van der Waals surface area contributed by atoms with E-state index in [9.17, 15) is 27.2 Å². The summed E-state index contributed by atoms with van der Waals surface area (Å²) < 4.78 is 58.3. The van der Waals surface area contributed by atoms with Gasteiger partial charge in [0.25, 0.3) is 5.91 Å². The fraction of sp³-hybridized carbons (Fsp3) is 0. The lowest BCUT2D eigenvalue weighted by Gasteiger charge is -2.07. The minimum Gasteiger partial charge on any atom is -0.418 e. The summed E-state index contributed by atoms with van der Waals surface area (Å²) in [6.07, 6.45) is 0. The summed E-state index contributed by atoms with van der Waals surface area (Å²) in [5, 5.41) is 1.34. The van der Waals surface area contributed by atoms with E-state index in [4.69, 9.17) is 0 Å². The predicted octanol–water partition coefficient (Wildman–Crippen LogP) is 3.60. The van der Waals surface area contributed by atoms with Crippen LogP contribution in [0, 0.1) is 23.3 Å². The lowest BCUT2D eigenvalue weighted by atomic mass is 10.1. The van der Waals surface area contributed by atoms with Crippen LogP contribution in [-0.2, 0) is 0 Å². The highest BCUT2D eigenvalue weighted by Gasteiger charge is 2.24. The first-order valence-electron chi connectivity index (χ1n) is 6.56. The molecule has 0 fully saturated rings. The Labute approximate surface area is 131 Å². The highest BCUT2D eigenvalue weighted by molar-refractivity contribution is 6.04. The molecule has 0 spiro atoms. The highest BCUT2D eigenvalue weighted by Crippen LogP contribution is 2.27. The summed E-state index contributed by atoms with van der Waals surface area (Å²) in [7, 11) is 0. The zero-order valence-electron chi connectivity index (χ0n) is 11.7. The van der Waals surface area contributed by atoms with Crippen molar-refractivity contribution in [2.75, 3.05) is 5.32 Å². The number of rotatable bonds is 2. The Bertz CT molecular complexity index is 1020. The summed E-state index contributed by atoms with van der Waals surface area (Å²) in [5.41, 5.74) is -2.67. The fourth-order valence-electron chi connectivity index (χ4n) is 2.08. The number of amides is 1. The van der Waals surface area contributed by atoms with Gasteiger partial charge in [-0.2, -0.15) is 4.39 Å². The number of carbonyl (C=O) groups excluding carboxylic acids is 1. The molecule has 24 heavy (non-hydrogen) atoms. The Morgan fingerprint density at radius 2 is 1.54 bits per heavy atom. The third-order valence-corrected chi connectivity index (χ3v) is 3.25. The Hall–Kier alpha value is -3.16. The van der Waals surface area contributed by atoms with Crippen LogP contribution in [0.3, 0.4) is 0 Å². The Balaban J connectivity index is 2.12. The van der Waals surface area contributed by atoms with Gasteiger partial charge in [0.1, 0.15) is 5.69 Å². The van der Waals surface area contributed by atoms with Gasteiger partial charge in [0, 0.05) is 5.56 Å². The maximum atomic E-state index is 13.8. The average Bonchev–Trinajstić information content (AvgIpc) is 2.60. The lowest BCUT2D eigenvalue weighted by Crippen LogP contribution is -2.18. The summed E-state index contributed by atoms with van der Waals surface area (Å²) >= 11 is 0. The zero-order valence-corrected chi connectivity index (χ0v) is 11.7. The molecule has 3 aromatic rings. The minimum absolute atomic E-state index is 0.189. The first kappa shape index (κ1) is 15.7. The molecule has 0 saturated carbocycles. The number of hydrogen-bond donors (Lipinski definition) is 1. The number of carbonyl (C=O) groups is 1. The Kier molecular flexibility index (Phi) is 3.80. The van der Waals surface area contributed by atoms with Gasteiger partial charge in [-0.3, -0.25) is 4.79 Å². The second kappa shape index (κ2) is 5.80. The van der Waals surface area contributed by atoms with Gasteiger partial charge in [-0.1, -0.05) is 18.2 Å². The van der Waals surface area contributed by atoms with E-state index in [0.717, 1.165) is 0 Å². The van der Waals surface area contributed by atoms with Crippen molar-refractivity contribution < 1.29 is 26.8 Å². The Morgan fingerprint density at radius 3 is 2.21 bits per heavy atom. The molecule has 1 heterocycles. The lowest BCUT2D eigenvalue weighted by molar-refractivity contribution is 0.102. The largest absolute Gasteiger partial charge is 0.418 e. The molecule has 122 valence electrons. The van der Waals surface area contributed by atoms with E-state index in [2.05, 4.69) is 9.73 Å². The van der Waals surface area contributed by atoms with Crippen LogP contribution in [0.15, 0.2) is 45.6 Å². The van der Waals surface area contributed by atoms with Crippen molar-refractivity contribution in [1.82, 2.24) is 0 Å². The van der Waals surface area contributed by atoms with Gasteiger partial charge in [0.2, 0.25) is 11.6 Å². The molecule has 3 rings (SSSR count). The van der Waals surface area contributed by atoms with Crippen molar-refractivity contribution in [1.29, 1.82) is 0 Å². The van der Waals surface area contributed by atoms with E-state index in [1.54, 1.807) is 18.2 Å². The first-order chi connectivity index (χ1) is 11.4. The summed E-state index contributed by atoms with van der Waals surface area (Å²) in [6.45, 7) is 0. The minimum atomic E-state index is -2.09. The van der Waals surface area contributed by atoms with E-state index < -0.39 is 51.5 Å². The Morgan fingerprint density at radius 1 is 0.917 bits per heavy atom. The number of nitrogens with one attached hydrogen (secondary N) is 1. The number of benzene rings is 2. The summed E-state index contributed by atoms with van der Waals surface area (Å²) in [5.74, 6) is -8.42. The highest BCUT2D eigenvalue weighted by atomic mass is 19.2. The van der Waals surface area contributed by atoms with Gasteiger partial charge in [-0.25, -0.2) is 18.0 Å². The van der Waals surface area contributed by atoms with Gasteiger partial charge in [-0.05, 0) is 18.2 Å². The zero-order chi connectivity index (χ0) is 17.4. The third-order valence-electron chi connectivity index (χ3n) is 3.25. The van der Waals surface area contributed by atoms with E-state index in [-0.39, 0.29) is 5.56 Å². The SMILES string of the molecule is O=C(Nc1cc2c(F)c(F)c(F)c(F)c2oc1=O)c1ccccc1. The molecule has 1 amide bonds. The van der Waals surface area contributed by atoms with Crippen LogP contribution in [0.5, 0.6) is 0 Å². The fourth-order valence-corrected chi connectivity index (χ4v) is 2.08. The molecule has 1 N–H and O–H groups in total. The molecule has 0 unspecified atom stereocenters. The third kappa shape index (κ3) is 2.51. The first-order valence-corrected chi connectivity index (χ1v) is 6.56. The summed E-state index contributed by atoms with van der Waals surface area (Å²) in [4.78, 5) is 23.8. The molecule has 8 heteroatoms.